The molecule has 2 fully saturated rings. The average molecular weight is 398 g/mol. The molecular formula is C28H31NO. The lowest BCUT2D eigenvalue weighted by Gasteiger charge is -2.47. The number of allylic oxidation sites excluding steroid dienone is 1. The summed E-state index contributed by atoms with van der Waals surface area (Å²) in [6.07, 6.45) is 9.77. The van der Waals surface area contributed by atoms with Crippen molar-refractivity contribution < 1.29 is 4.79 Å². The summed E-state index contributed by atoms with van der Waals surface area (Å²) in [5.74, 6) is 2.48. The highest BCUT2D eigenvalue weighted by Gasteiger charge is 2.58. The minimum absolute atomic E-state index is 0.360. The Kier molecular flexibility index (Phi) is 4.37. The van der Waals surface area contributed by atoms with Crippen LogP contribution in [0.4, 0.5) is 0 Å². The van der Waals surface area contributed by atoms with Gasteiger partial charge in [-0.15, -0.1) is 0 Å². The zero-order chi connectivity index (χ0) is 20.1. The van der Waals surface area contributed by atoms with Crippen LogP contribution in [-0.2, 0) is 16.6 Å². The SMILES string of the molecule is O=C1N2C[C@H]3CCCC[C@H]3C3CCCC(=C32)C1(Cc1ccccc1)c1ccccc1. The number of rotatable bonds is 3. The molecule has 2 heterocycles. The average Bonchev–Trinajstić information content (AvgIpc) is 3.05. The van der Waals surface area contributed by atoms with Gasteiger partial charge >= 0.3 is 0 Å². The number of benzene rings is 2. The molecule has 4 atom stereocenters. The number of fused-ring (bicyclic) bond motifs is 2. The maximum absolute atomic E-state index is 14.4. The lowest BCUT2D eigenvalue weighted by atomic mass is 9.63. The predicted molar refractivity (Wildman–Crippen MR) is 120 cm³/mol. The second-order valence-electron chi connectivity index (χ2n) is 9.92. The molecule has 154 valence electrons. The van der Waals surface area contributed by atoms with Gasteiger partial charge < -0.3 is 4.90 Å². The molecule has 2 aromatic carbocycles. The number of hydrogen-bond acceptors (Lipinski definition) is 1. The van der Waals surface area contributed by atoms with E-state index in [1.165, 1.54) is 60.9 Å². The lowest BCUT2D eigenvalue weighted by molar-refractivity contribution is -0.134. The molecule has 2 aliphatic carbocycles. The Balaban J connectivity index is 1.54. The minimum atomic E-state index is -0.510. The molecule has 0 N–H and O–H groups in total. The normalized spacial score (nSPS) is 32.7. The number of hydrogen-bond donors (Lipinski definition) is 0. The van der Waals surface area contributed by atoms with Crippen LogP contribution >= 0.6 is 0 Å². The maximum atomic E-state index is 14.4. The summed E-state index contributed by atoms with van der Waals surface area (Å²) in [5.41, 5.74) is 4.86. The van der Waals surface area contributed by atoms with Crippen molar-refractivity contribution in [1.82, 2.24) is 4.90 Å². The van der Waals surface area contributed by atoms with Crippen LogP contribution in [0, 0.1) is 17.8 Å². The van der Waals surface area contributed by atoms with Crippen LogP contribution in [-0.4, -0.2) is 17.4 Å². The van der Waals surface area contributed by atoms with E-state index in [2.05, 4.69) is 65.6 Å². The number of nitrogens with zero attached hydrogens (tertiary/aromatic N) is 1. The van der Waals surface area contributed by atoms with Gasteiger partial charge in [0.1, 0.15) is 5.41 Å². The van der Waals surface area contributed by atoms with E-state index in [4.69, 9.17) is 0 Å². The topological polar surface area (TPSA) is 20.3 Å². The van der Waals surface area contributed by atoms with Crippen LogP contribution < -0.4 is 0 Å². The van der Waals surface area contributed by atoms with E-state index in [0.29, 0.717) is 17.7 Å². The molecule has 30 heavy (non-hydrogen) atoms. The summed E-state index contributed by atoms with van der Waals surface area (Å²) in [5, 5.41) is 0. The smallest absolute Gasteiger partial charge is 0.241 e. The lowest BCUT2D eigenvalue weighted by Crippen LogP contribution is -2.49. The Hall–Kier alpha value is -2.35. The monoisotopic (exact) mass is 397 g/mol. The van der Waals surface area contributed by atoms with E-state index in [9.17, 15) is 4.79 Å². The molecule has 0 aromatic heterocycles. The quantitative estimate of drug-likeness (QED) is 0.633. The summed E-state index contributed by atoms with van der Waals surface area (Å²) < 4.78 is 0. The van der Waals surface area contributed by atoms with Crippen molar-refractivity contribution >= 4 is 5.91 Å². The summed E-state index contributed by atoms with van der Waals surface area (Å²) in [7, 11) is 0. The first-order valence-electron chi connectivity index (χ1n) is 11.9. The number of carbonyl (C=O) groups excluding carboxylic acids is 1. The zero-order valence-corrected chi connectivity index (χ0v) is 17.7. The highest BCUT2D eigenvalue weighted by atomic mass is 16.2. The molecule has 0 bridgehead atoms. The van der Waals surface area contributed by atoms with Gasteiger partial charge in [-0.2, -0.15) is 0 Å². The Morgan fingerprint density at radius 1 is 0.867 bits per heavy atom. The summed E-state index contributed by atoms with van der Waals surface area (Å²) in [6.45, 7) is 0.961. The first-order valence-corrected chi connectivity index (χ1v) is 11.9. The van der Waals surface area contributed by atoms with E-state index < -0.39 is 5.41 Å². The van der Waals surface area contributed by atoms with Crippen molar-refractivity contribution in [2.45, 2.75) is 56.8 Å². The summed E-state index contributed by atoms with van der Waals surface area (Å²) >= 11 is 0. The highest BCUT2D eigenvalue weighted by molar-refractivity contribution is 5.97. The van der Waals surface area contributed by atoms with Gasteiger partial charge in [-0.1, -0.05) is 73.5 Å². The molecule has 2 aliphatic heterocycles. The Bertz CT molecular complexity index is 978. The fourth-order valence-electron chi connectivity index (χ4n) is 7.28. The van der Waals surface area contributed by atoms with Gasteiger partial charge in [-0.05, 0) is 67.1 Å². The van der Waals surface area contributed by atoms with Gasteiger partial charge in [0, 0.05) is 18.2 Å². The zero-order valence-electron chi connectivity index (χ0n) is 17.7. The Morgan fingerprint density at radius 2 is 1.60 bits per heavy atom. The van der Waals surface area contributed by atoms with Gasteiger partial charge in [-0.25, -0.2) is 0 Å². The van der Waals surface area contributed by atoms with Gasteiger partial charge in [0.05, 0.1) is 0 Å². The molecule has 2 aromatic rings. The third-order valence-corrected chi connectivity index (χ3v) is 8.50. The summed E-state index contributed by atoms with van der Waals surface area (Å²) in [4.78, 5) is 16.6. The largest absolute Gasteiger partial charge is 0.315 e. The number of carbonyl (C=O) groups is 1. The van der Waals surface area contributed by atoms with Gasteiger partial charge in [-0.3, -0.25) is 4.79 Å². The van der Waals surface area contributed by atoms with E-state index >= 15 is 0 Å². The Morgan fingerprint density at radius 3 is 2.40 bits per heavy atom. The van der Waals surface area contributed by atoms with Crippen LogP contribution in [0.15, 0.2) is 71.9 Å². The van der Waals surface area contributed by atoms with Crippen molar-refractivity contribution in [2.75, 3.05) is 6.54 Å². The van der Waals surface area contributed by atoms with Crippen molar-refractivity contribution in [2.24, 2.45) is 17.8 Å². The van der Waals surface area contributed by atoms with Crippen LogP contribution in [0.5, 0.6) is 0 Å². The van der Waals surface area contributed by atoms with Gasteiger partial charge in [0.15, 0.2) is 0 Å². The molecule has 2 nitrogen and oxygen atoms in total. The second kappa shape index (κ2) is 7.11. The third-order valence-electron chi connectivity index (χ3n) is 8.50. The molecule has 0 radical (unpaired) electrons. The fourth-order valence-corrected chi connectivity index (χ4v) is 7.28. The van der Waals surface area contributed by atoms with E-state index in [-0.39, 0.29) is 0 Å². The van der Waals surface area contributed by atoms with Crippen molar-refractivity contribution in [3.05, 3.63) is 83.1 Å². The molecule has 2 unspecified atom stereocenters. The molecular weight excluding hydrogens is 366 g/mol. The van der Waals surface area contributed by atoms with E-state index in [0.717, 1.165) is 25.3 Å². The molecule has 1 amide bonds. The van der Waals surface area contributed by atoms with E-state index in [1.807, 2.05) is 0 Å². The molecule has 2 heteroatoms. The van der Waals surface area contributed by atoms with Crippen LogP contribution in [0.3, 0.4) is 0 Å². The minimum Gasteiger partial charge on any atom is -0.315 e. The van der Waals surface area contributed by atoms with Crippen molar-refractivity contribution in [3.8, 4) is 0 Å². The molecule has 1 saturated heterocycles. The van der Waals surface area contributed by atoms with Gasteiger partial charge in [0.2, 0.25) is 5.91 Å². The molecule has 1 saturated carbocycles. The number of piperidine rings is 1. The number of amides is 1. The second-order valence-corrected chi connectivity index (χ2v) is 9.92. The first-order chi connectivity index (χ1) is 14.8. The fraction of sp³-hybridized carbons (Fsp3) is 0.464. The highest BCUT2D eigenvalue weighted by Crippen LogP contribution is 2.58. The van der Waals surface area contributed by atoms with Crippen LogP contribution in [0.2, 0.25) is 0 Å². The first kappa shape index (κ1) is 18.4. The molecule has 6 rings (SSSR count). The molecule has 0 spiro atoms. The predicted octanol–water partition coefficient (Wildman–Crippen LogP) is 5.88. The standard InChI is InChI=1S/C28H31NO/c30-27-28(22-13-5-2-6-14-22,18-20-10-3-1-4-11-20)25-17-9-16-24-23-15-8-7-12-21(23)19-29(27)26(24)25/h1-6,10-11,13-14,21,23-24H,7-9,12,15-19H2/t21-,23-,24?,28?/m1/s1. The van der Waals surface area contributed by atoms with Crippen LogP contribution in [0.25, 0.3) is 0 Å². The maximum Gasteiger partial charge on any atom is 0.241 e. The van der Waals surface area contributed by atoms with Crippen LogP contribution in [0.1, 0.15) is 56.1 Å². The Labute approximate surface area is 180 Å². The van der Waals surface area contributed by atoms with E-state index in [1.54, 1.807) is 0 Å². The summed E-state index contributed by atoms with van der Waals surface area (Å²) in [6, 6.07) is 21.4. The molecule has 4 aliphatic rings. The third kappa shape index (κ3) is 2.58. The van der Waals surface area contributed by atoms with Crippen molar-refractivity contribution in [1.29, 1.82) is 0 Å². The van der Waals surface area contributed by atoms with Crippen molar-refractivity contribution in [3.63, 3.8) is 0 Å². The van der Waals surface area contributed by atoms with Gasteiger partial charge in [0.25, 0.3) is 0 Å².